The molecular formula is C11H13N3O2S. The van der Waals surface area contributed by atoms with E-state index in [0.29, 0.717) is 11.7 Å². The first-order chi connectivity index (χ1) is 8.28. The number of thioether (sulfide) groups is 1. The summed E-state index contributed by atoms with van der Waals surface area (Å²) in [6, 6.07) is 5.84. The van der Waals surface area contributed by atoms with Crippen LogP contribution in [0, 0.1) is 0 Å². The summed E-state index contributed by atoms with van der Waals surface area (Å²) in [5, 5.41) is 3.87. The first kappa shape index (κ1) is 11.9. The minimum atomic E-state index is 0.234. The Morgan fingerprint density at radius 3 is 2.88 bits per heavy atom. The molecule has 1 aromatic heterocycles. The number of nitrogens with two attached hydrogens (primary N) is 1. The quantitative estimate of drug-likeness (QED) is 0.837. The lowest BCUT2D eigenvalue weighted by Crippen LogP contribution is -1.96. The van der Waals surface area contributed by atoms with Crippen LogP contribution < -0.4 is 10.5 Å². The van der Waals surface area contributed by atoms with Crippen molar-refractivity contribution in [2.75, 3.05) is 13.4 Å². The fraction of sp³-hybridized carbons (Fsp3) is 0.273. The van der Waals surface area contributed by atoms with E-state index in [2.05, 4.69) is 10.1 Å². The van der Waals surface area contributed by atoms with Gasteiger partial charge in [0.2, 0.25) is 11.7 Å². The van der Waals surface area contributed by atoms with Crippen molar-refractivity contribution in [1.29, 1.82) is 0 Å². The van der Waals surface area contributed by atoms with Gasteiger partial charge in [0.25, 0.3) is 0 Å². The highest BCUT2D eigenvalue weighted by Crippen LogP contribution is 2.31. The van der Waals surface area contributed by atoms with Gasteiger partial charge in [-0.3, -0.25) is 0 Å². The van der Waals surface area contributed by atoms with Crippen LogP contribution in [0.1, 0.15) is 5.89 Å². The SMILES string of the molecule is COc1cc(SC)ccc1-c1noc(CN)n1. The zero-order valence-electron chi connectivity index (χ0n) is 9.64. The van der Waals surface area contributed by atoms with E-state index in [-0.39, 0.29) is 6.54 Å². The molecule has 0 unspecified atom stereocenters. The Morgan fingerprint density at radius 2 is 2.29 bits per heavy atom. The summed E-state index contributed by atoms with van der Waals surface area (Å²) < 4.78 is 10.3. The van der Waals surface area contributed by atoms with Crippen LogP contribution in [-0.2, 0) is 6.54 Å². The normalized spacial score (nSPS) is 10.5. The number of rotatable bonds is 4. The zero-order chi connectivity index (χ0) is 12.3. The maximum atomic E-state index is 5.43. The van der Waals surface area contributed by atoms with E-state index in [1.165, 1.54) is 0 Å². The third-order valence-electron chi connectivity index (χ3n) is 2.29. The zero-order valence-corrected chi connectivity index (χ0v) is 10.5. The van der Waals surface area contributed by atoms with Gasteiger partial charge in [0.15, 0.2) is 0 Å². The minimum absolute atomic E-state index is 0.234. The van der Waals surface area contributed by atoms with Crippen molar-refractivity contribution in [3.63, 3.8) is 0 Å². The van der Waals surface area contributed by atoms with E-state index < -0.39 is 0 Å². The maximum Gasteiger partial charge on any atom is 0.240 e. The molecule has 0 bridgehead atoms. The number of nitrogens with zero attached hydrogens (tertiary/aromatic N) is 2. The molecule has 0 spiro atoms. The summed E-state index contributed by atoms with van der Waals surface area (Å²) in [4.78, 5) is 5.29. The lowest BCUT2D eigenvalue weighted by Gasteiger charge is -2.06. The molecular weight excluding hydrogens is 238 g/mol. The Kier molecular flexibility index (Phi) is 3.65. The minimum Gasteiger partial charge on any atom is -0.496 e. The fourth-order valence-electron chi connectivity index (χ4n) is 1.43. The first-order valence-corrected chi connectivity index (χ1v) is 6.26. The fourth-order valence-corrected chi connectivity index (χ4v) is 1.86. The molecule has 2 N–H and O–H groups in total. The van der Waals surface area contributed by atoms with Gasteiger partial charge in [-0.2, -0.15) is 4.98 Å². The van der Waals surface area contributed by atoms with Crippen molar-refractivity contribution >= 4 is 11.8 Å². The Labute approximate surface area is 103 Å². The molecule has 1 heterocycles. The molecule has 0 saturated carbocycles. The number of ether oxygens (including phenoxy) is 1. The Morgan fingerprint density at radius 1 is 1.47 bits per heavy atom. The lowest BCUT2D eigenvalue weighted by atomic mass is 10.2. The highest BCUT2D eigenvalue weighted by atomic mass is 32.2. The van der Waals surface area contributed by atoms with Crippen molar-refractivity contribution in [2.45, 2.75) is 11.4 Å². The van der Waals surface area contributed by atoms with Crippen LogP contribution in [-0.4, -0.2) is 23.5 Å². The standard InChI is InChI=1S/C11H13N3O2S/c1-15-9-5-7(17-2)3-4-8(9)11-13-10(6-12)16-14-11/h3-5H,6,12H2,1-2H3. The molecule has 2 aromatic rings. The van der Waals surface area contributed by atoms with Gasteiger partial charge in [0.05, 0.1) is 19.2 Å². The molecule has 0 aliphatic heterocycles. The van der Waals surface area contributed by atoms with Gasteiger partial charge in [-0.15, -0.1) is 11.8 Å². The third-order valence-corrected chi connectivity index (χ3v) is 3.02. The topological polar surface area (TPSA) is 74.2 Å². The van der Waals surface area contributed by atoms with Crippen LogP contribution >= 0.6 is 11.8 Å². The highest BCUT2D eigenvalue weighted by molar-refractivity contribution is 7.98. The van der Waals surface area contributed by atoms with Crippen LogP contribution in [0.5, 0.6) is 5.75 Å². The summed E-state index contributed by atoms with van der Waals surface area (Å²) in [6.07, 6.45) is 2.01. The maximum absolute atomic E-state index is 5.43. The van der Waals surface area contributed by atoms with Gasteiger partial charge in [-0.05, 0) is 24.5 Å². The molecule has 0 radical (unpaired) electrons. The van der Waals surface area contributed by atoms with E-state index >= 15 is 0 Å². The summed E-state index contributed by atoms with van der Waals surface area (Å²) in [5.74, 6) is 1.63. The number of hydrogen-bond donors (Lipinski definition) is 1. The van der Waals surface area contributed by atoms with Crippen LogP contribution in [0.25, 0.3) is 11.4 Å². The molecule has 0 aliphatic carbocycles. The molecule has 0 saturated heterocycles. The predicted octanol–water partition coefficient (Wildman–Crippen LogP) is 1.93. The van der Waals surface area contributed by atoms with Crippen LogP contribution in [0.3, 0.4) is 0 Å². The van der Waals surface area contributed by atoms with Gasteiger partial charge in [-0.1, -0.05) is 5.16 Å². The second kappa shape index (κ2) is 5.20. The van der Waals surface area contributed by atoms with Crippen LogP contribution in [0.15, 0.2) is 27.6 Å². The van der Waals surface area contributed by atoms with Crippen molar-refractivity contribution in [1.82, 2.24) is 10.1 Å². The first-order valence-electron chi connectivity index (χ1n) is 5.03. The molecule has 1 aromatic carbocycles. The molecule has 90 valence electrons. The number of benzene rings is 1. The van der Waals surface area contributed by atoms with Crippen molar-refractivity contribution in [3.05, 3.63) is 24.1 Å². The molecule has 0 amide bonds. The summed E-state index contributed by atoms with van der Waals surface area (Å²) in [7, 11) is 1.62. The Balaban J connectivity index is 2.43. The van der Waals surface area contributed by atoms with E-state index in [4.69, 9.17) is 15.0 Å². The predicted molar refractivity (Wildman–Crippen MR) is 66.0 cm³/mol. The second-order valence-corrected chi connectivity index (χ2v) is 4.16. The van der Waals surface area contributed by atoms with E-state index in [1.54, 1.807) is 18.9 Å². The Bertz CT molecular complexity index is 513. The monoisotopic (exact) mass is 251 g/mol. The Hall–Kier alpha value is -1.53. The van der Waals surface area contributed by atoms with E-state index in [0.717, 1.165) is 16.2 Å². The molecule has 6 heteroatoms. The van der Waals surface area contributed by atoms with Gasteiger partial charge in [-0.25, -0.2) is 0 Å². The molecule has 0 fully saturated rings. The smallest absolute Gasteiger partial charge is 0.240 e. The lowest BCUT2D eigenvalue weighted by molar-refractivity contribution is 0.379. The van der Waals surface area contributed by atoms with E-state index in [9.17, 15) is 0 Å². The average molecular weight is 251 g/mol. The van der Waals surface area contributed by atoms with E-state index in [1.807, 2.05) is 24.5 Å². The van der Waals surface area contributed by atoms with Crippen molar-refractivity contribution in [3.8, 4) is 17.1 Å². The van der Waals surface area contributed by atoms with Gasteiger partial charge < -0.3 is 15.0 Å². The summed E-state index contributed by atoms with van der Waals surface area (Å²) in [6.45, 7) is 0.234. The molecule has 17 heavy (non-hydrogen) atoms. The summed E-state index contributed by atoms with van der Waals surface area (Å²) in [5.41, 5.74) is 6.23. The van der Waals surface area contributed by atoms with Gasteiger partial charge in [0.1, 0.15) is 5.75 Å². The molecule has 5 nitrogen and oxygen atoms in total. The third kappa shape index (κ3) is 2.42. The second-order valence-electron chi connectivity index (χ2n) is 3.28. The number of aromatic nitrogens is 2. The largest absolute Gasteiger partial charge is 0.496 e. The van der Waals surface area contributed by atoms with Gasteiger partial charge >= 0.3 is 0 Å². The molecule has 2 rings (SSSR count). The van der Waals surface area contributed by atoms with Gasteiger partial charge in [0, 0.05) is 4.90 Å². The average Bonchev–Trinajstić information content (AvgIpc) is 2.86. The van der Waals surface area contributed by atoms with Crippen molar-refractivity contribution in [2.24, 2.45) is 5.73 Å². The van der Waals surface area contributed by atoms with Crippen LogP contribution in [0.2, 0.25) is 0 Å². The number of methoxy groups -OCH3 is 1. The summed E-state index contributed by atoms with van der Waals surface area (Å²) >= 11 is 1.65. The molecule has 0 atom stereocenters. The molecule has 0 aliphatic rings. The van der Waals surface area contributed by atoms with Crippen LogP contribution in [0.4, 0.5) is 0 Å². The number of hydrogen-bond acceptors (Lipinski definition) is 6. The van der Waals surface area contributed by atoms with Crippen molar-refractivity contribution < 1.29 is 9.26 Å². The highest BCUT2D eigenvalue weighted by Gasteiger charge is 2.13.